The quantitative estimate of drug-likeness (QED) is 0.283. The fourth-order valence-corrected chi connectivity index (χ4v) is 2.07. The van der Waals surface area contributed by atoms with Gasteiger partial charge in [0, 0.05) is 0 Å². The molecule has 152 valence electrons. The van der Waals surface area contributed by atoms with Crippen LogP contribution in [0, 0.1) is 5.92 Å². The van der Waals surface area contributed by atoms with Crippen molar-refractivity contribution in [3.05, 3.63) is 0 Å². The van der Waals surface area contributed by atoms with Crippen LogP contribution in [-0.4, -0.2) is 48.4 Å². The Morgan fingerprint density at radius 3 is 1.81 bits per heavy atom. The van der Waals surface area contributed by atoms with Crippen molar-refractivity contribution >= 4 is 17.9 Å². The number of carbonyl (C=O) groups is 3. The highest BCUT2D eigenvalue weighted by molar-refractivity contribution is 5.91. The van der Waals surface area contributed by atoms with Gasteiger partial charge in [0.25, 0.3) is 0 Å². The molecule has 1 N–H and O–H groups in total. The molecule has 26 heavy (non-hydrogen) atoms. The Kier molecular flexibility index (Phi) is 12.7. The van der Waals surface area contributed by atoms with Crippen LogP contribution in [0.25, 0.3) is 0 Å². The second kappa shape index (κ2) is 13.6. The predicted octanol–water partition coefficient (Wildman–Crippen LogP) is 2.77. The Bertz CT molecular complexity index is 436. The molecular weight excluding hydrogens is 340 g/mol. The van der Waals surface area contributed by atoms with Crippen LogP contribution >= 0.6 is 0 Å². The summed E-state index contributed by atoms with van der Waals surface area (Å²) in [7, 11) is 0. The molecule has 0 radical (unpaired) electrons. The van der Waals surface area contributed by atoms with Crippen LogP contribution in [0.3, 0.4) is 0 Å². The van der Waals surface area contributed by atoms with Gasteiger partial charge in [-0.25, -0.2) is 4.79 Å². The van der Waals surface area contributed by atoms with Gasteiger partial charge < -0.3 is 19.3 Å². The molecule has 0 heterocycles. The monoisotopic (exact) mass is 374 g/mol. The zero-order chi connectivity index (χ0) is 20.0. The van der Waals surface area contributed by atoms with Crippen molar-refractivity contribution in [3.63, 3.8) is 0 Å². The molecule has 0 amide bonds. The molecule has 2 unspecified atom stereocenters. The Hall–Kier alpha value is -1.63. The van der Waals surface area contributed by atoms with E-state index in [1.165, 1.54) is 6.92 Å². The van der Waals surface area contributed by atoms with Gasteiger partial charge in [-0.15, -0.1) is 0 Å². The fourth-order valence-electron chi connectivity index (χ4n) is 2.07. The highest BCUT2D eigenvalue weighted by Crippen LogP contribution is 2.26. The van der Waals surface area contributed by atoms with E-state index in [1.807, 2.05) is 20.8 Å². The van der Waals surface area contributed by atoms with Gasteiger partial charge in [-0.1, -0.05) is 40.0 Å². The van der Waals surface area contributed by atoms with E-state index in [1.54, 1.807) is 0 Å². The van der Waals surface area contributed by atoms with Crippen LogP contribution in [0.15, 0.2) is 0 Å². The molecule has 0 bridgehead atoms. The standard InChI is InChI=1S/C19H34O7/c1-5-8-11-24-16(20)14-19(23,18(22)26-13-10-7-3)15(4)17(21)25-12-9-6-2/h15,23H,5-14H2,1-4H3. The van der Waals surface area contributed by atoms with Crippen LogP contribution in [0.4, 0.5) is 0 Å². The van der Waals surface area contributed by atoms with Gasteiger partial charge in [0.15, 0.2) is 5.60 Å². The van der Waals surface area contributed by atoms with E-state index in [2.05, 4.69) is 0 Å². The van der Waals surface area contributed by atoms with Crippen LogP contribution in [-0.2, 0) is 28.6 Å². The predicted molar refractivity (Wildman–Crippen MR) is 96.3 cm³/mol. The molecule has 0 aliphatic heterocycles. The molecule has 0 aromatic carbocycles. The van der Waals surface area contributed by atoms with E-state index >= 15 is 0 Å². The summed E-state index contributed by atoms with van der Waals surface area (Å²) in [6.07, 6.45) is 3.82. The number of hydrogen-bond donors (Lipinski definition) is 1. The van der Waals surface area contributed by atoms with Crippen molar-refractivity contribution in [3.8, 4) is 0 Å². The Labute approximate surface area is 156 Å². The molecule has 0 aliphatic rings. The number of ether oxygens (including phenoxy) is 3. The lowest BCUT2D eigenvalue weighted by molar-refractivity contribution is -0.185. The minimum Gasteiger partial charge on any atom is -0.466 e. The topological polar surface area (TPSA) is 99.1 Å². The van der Waals surface area contributed by atoms with Crippen molar-refractivity contribution < 1.29 is 33.7 Å². The highest BCUT2D eigenvalue weighted by atomic mass is 16.6. The van der Waals surface area contributed by atoms with E-state index in [0.29, 0.717) is 19.3 Å². The van der Waals surface area contributed by atoms with Gasteiger partial charge in [0.2, 0.25) is 0 Å². The third kappa shape index (κ3) is 8.65. The number of unbranched alkanes of at least 4 members (excludes halogenated alkanes) is 3. The first-order valence-electron chi connectivity index (χ1n) is 9.55. The third-order valence-corrected chi connectivity index (χ3v) is 4.07. The first kappa shape index (κ1) is 24.4. The van der Waals surface area contributed by atoms with Crippen LogP contribution in [0.1, 0.15) is 72.6 Å². The fraction of sp³-hybridized carbons (Fsp3) is 0.842. The van der Waals surface area contributed by atoms with Crippen molar-refractivity contribution in [2.45, 2.75) is 78.2 Å². The third-order valence-electron chi connectivity index (χ3n) is 4.07. The largest absolute Gasteiger partial charge is 0.466 e. The summed E-state index contributed by atoms with van der Waals surface area (Å²) in [6, 6.07) is 0. The average molecular weight is 374 g/mol. The summed E-state index contributed by atoms with van der Waals surface area (Å²) >= 11 is 0. The second-order valence-electron chi connectivity index (χ2n) is 6.41. The lowest BCUT2D eigenvalue weighted by Crippen LogP contribution is -2.51. The van der Waals surface area contributed by atoms with E-state index in [-0.39, 0.29) is 19.8 Å². The lowest BCUT2D eigenvalue weighted by Gasteiger charge is -2.29. The molecule has 0 fully saturated rings. The van der Waals surface area contributed by atoms with Crippen molar-refractivity contribution in [1.82, 2.24) is 0 Å². The van der Waals surface area contributed by atoms with E-state index in [9.17, 15) is 19.5 Å². The van der Waals surface area contributed by atoms with Gasteiger partial charge in [-0.05, 0) is 26.2 Å². The maximum atomic E-state index is 12.4. The Morgan fingerprint density at radius 1 is 0.846 bits per heavy atom. The minimum absolute atomic E-state index is 0.111. The van der Waals surface area contributed by atoms with Gasteiger partial charge in [0.1, 0.15) is 0 Å². The van der Waals surface area contributed by atoms with E-state index in [0.717, 1.165) is 19.3 Å². The molecule has 0 saturated heterocycles. The van der Waals surface area contributed by atoms with Crippen molar-refractivity contribution in [1.29, 1.82) is 0 Å². The Balaban J connectivity index is 5.08. The summed E-state index contributed by atoms with van der Waals surface area (Å²) in [6.45, 7) is 7.69. The first-order chi connectivity index (χ1) is 12.3. The second-order valence-corrected chi connectivity index (χ2v) is 6.41. The number of hydrogen-bond acceptors (Lipinski definition) is 7. The first-order valence-corrected chi connectivity index (χ1v) is 9.55. The molecule has 7 nitrogen and oxygen atoms in total. The van der Waals surface area contributed by atoms with Gasteiger partial charge in [-0.2, -0.15) is 0 Å². The van der Waals surface area contributed by atoms with E-state index < -0.39 is 35.8 Å². The minimum atomic E-state index is -2.31. The zero-order valence-electron chi connectivity index (χ0n) is 16.5. The average Bonchev–Trinajstić information content (AvgIpc) is 2.61. The number of esters is 3. The van der Waals surface area contributed by atoms with Gasteiger partial charge in [-0.3, -0.25) is 9.59 Å². The van der Waals surface area contributed by atoms with Crippen LogP contribution in [0.2, 0.25) is 0 Å². The highest BCUT2D eigenvalue weighted by Gasteiger charge is 2.49. The summed E-state index contributed by atoms with van der Waals surface area (Å²) in [5, 5.41) is 10.8. The maximum Gasteiger partial charge on any atom is 0.339 e. The zero-order valence-corrected chi connectivity index (χ0v) is 16.5. The van der Waals surface area contributed by atoms with Gasteiger partial charge in [0.05, 0.1) is 32.2 Å². The van der Waals surface area contributed by atoms with Gasteiger partial charge >= 0.3 is 17.9 Å². The number of rotatable bonds is 14. The molecule has 0 saturated carbocycles. The summed E-state index contributed by atoms with van der Waals surface area (Å²) < 4.78 is 15.2. The SMILES string of the molecule is CCCCOC(=O)CC(O)(C(=O)OCCCC)C(C)C(=O)OCCCC. The summed E-state index contributed by atoms with van der Waals surface area (Å²) in [5.74, 6) is -3.73. The molecule has 0 spiro atoms. The molecule has 0 aromatic rings. The molecular formula is C19H34O7. The van der Waals surface area contributed by atoms with Crippen LogP contribution < -0.4 is 0 Å². The molecule has 0 aliphatic carbocycles. The summed E-state index contributed by atoms with van der Waals surface area (Å²) in [4.78, 5) is 36.6. The van der Waals surface area contributed by atoms with Crippen molar-refractivity contribution in [2.75, 3.05) is 19.8 Å². The van der Waals surface area contributed by atoms with Crippen LogP contribution in [0.5, 0.6) is 0 Å². The molecule has 0 rings (SSSR count). The molecule has 2 atom stereocenters. The summed E-state index contributed by atoms with van der Waals surface area (Å²) in [5.41, 5.74) is -2.31. The van der Waals surface area contributed by atoms with Crippen molar-refractivity contribution in [2.24, 2.45) is 5.92 Å². The molecule has 7 heteroatoms. The molecule has 0 aromatic heterocycles. The number of aliphatic hydroxyl groups is 1. The number of carbonyl (C=O) groups excluding carboxylic acids is 3. The van der Waals surface area contributed by atoms with E-state index in [4.69, 9.17) is 14.2 Å². The maximum absolute atomic E-state index is 12.4. The smallest absolute Gasteiger partial charge is 0.339 e. The Morgan fingerprint density at radius 2 is 1.31 bits per heavy atom. The normalized spacial score (nSPS) is 14.2. The lowest BCUT2D eigenvalue weighted by atomic mass is 9.85.